The van der Waals surface area contributed by atoms with Crippen LogP contribution in [0.3, 0.4) is 0 Å². The van der Waals surface area contributed by atoms with Gasteiger partial charge in [0, 0.05) is 12.4 Å². The van der Waals surface area contributed by atoms with Crippen molar-refractivity contribution in [2.75, 3.05) is 6.61 Å². The third-order valence-corrected chi connectivity index (χ3v) is 4.16. The summed E-state index contributed by atoms with van der Waals surface area (Å²) >= 11 is 0. The summed E-state index contributed by atoms with van der Waals surface area (Å²) in [4.78, 5) is 9.12. The summed E-state index contributed by atoms with van der Waals surface area (Å²) < 4.78 is 5.94. The van der Waals surface area contributed by atoms with Gasteiger partial charge in [0.15, 0.2) is 5.82 Å². The zero-order valence-electron chi connectivity index (χ0n) is 15.1. The Morgan fingerprint density at radius 3 is 2.29 bits per heavy atom. The van der Waals surface area contributed by atoms with Crippen LogP contribution in [-0.2, 0) is 6.42 Å². The van der Waals surface area contributed by atoms with Gasteiger partial charge in [-0.2, -0.15) is 0 Å². The van der Waals surface area contributed by atoms with Crippen LogP contribution in [0.25, 0.3) is 11.4 Å². The molecule has 0 saturated carbocycles. The number of unbranched alkanes of at least 4 members (excludes halogenated alkanes) is 5. The maximum absolute atomic E-state index is 5.94. The van der Waals surface area contributed by atoms with Gasteiger partial charge >= 0.3 is 0 Å². The van der Waals surface area contributed by atoms with Gasteiger partial charge in [0.1, 0.15) is 5.75 Å². The Labute approximate surface area is 146 Å². The first kappa shape index (κ1) is 18.4. The second-order valence-electron chi connectivity index (χ2n) is 6.28. The first-order chi connectivity index (χ1) is 11.8. The lowest BCUT2D eigenvalue weighted by molar-refractivity contribution is 0.307. The highest BCUT2D eigenvalue weighted by Crippen LogP contribution is 2.27. The van der Waals surface area contributed by atoms with E-state index < -0.39 is 0 Å². The molecule has 0 aliphatic rings. The number of aryl methyl sites for hydroxylation is 1. The largest absolute Gasteiger partial charge is 0.493 e. The molecular formula is C21H30N2O. The molecule has 0 radical (unpaired) electrons. The van der Waals surface area contributed by atoms with Crippen molar-refractivity contribution >= 4 is 0 Å². The van der Waals surface area contributed by atoms with Crippen LogP contribution in [0.1, 0.15) is 64.4 Å². The molecule has 1 aromatic carbocycles. The first-order valence-electron chi connectivity index (χ1n) is 9.38. The predicted octanol–water partition coefficient (Wildman–Crippen LogP) is 5.84. The summed E-state index contributed by atoms with van der Waals surface area (Å²) in [6.07, 6.45) is 13.5. The van der Waals surface area contributed by atoms with Crippen LogP contribution in [0.2, 0.25) is 0 Å². The average Bonchev–Trinajstić information content (AvgIpc) is 2.63. The van der Waals surface area contributed by atoms with Gasteiger partial charge in [0.05, 0.1) is 12.2 Å². The van der Waals surface area contributed by atoms with Gasteiger partial charge in [-0.25, -0.2) is 9.97 Å². The van der Waals surface area contributed by atoms with E-state index in [1.165, 1.54) is 44.1 Å². The molecule has 3 heteroatoms. The lowest BCUT2D eigenvalue weighted by atomic mass is 10.1. The zero-order chi connectivity index (χ0) is 17.0. The van der Waals surface area contributed by atoms with E-state index in [1.54, 1.807) is 0 Å². The number of ether oxygens (including phenoxy) is 1. The minimum Gasteiger partial charge on any atom is -0.493 e. The topological polar surface area (TPSA) is 35.0 Å². The predicted molar refractivity (Wildman–Crippen MR) is 100 cm³/mol. The van der Waals surface area contributed by atoms with E-state index in [0.717, 1.165) is 36.6 Å². The Morgan fingerprint density at radius 2 is 1.54 bits per heavy atom. The van der Waals surface area contributed by atoms with Crippen molar-refractivity contribution in [3.8, 4) is 17.1 Å². The summed E-state index contributed by atoms with van der Waals surface area (Å²) in [5.74, 6) is 1.63. The van der Waals surface area contributed by atoms with Crippen molar-refractivity contribution in [3.05, 3.63) is 42.2 Å². The van der Waals surface area contributed by atoms with Gasteiger partial charge in [-0.05, 0) is 37.0 Å². The molecule has 0 spiro atoms. The molecule has 2 aromatic rings. The lowest BCUT2D eigenvalue weighted by Gasteiger charge is -2.10. The number of hydrogen-bond donors (Lipinski definition) is 0. The van der Waals surface area contributed by atoms with Gasteiger partial charge < -0.3 is 4.74 Å². The lowest BCUT2D eigenvalue weighted by Crippen LogP contribution is -2.00. The van der Waals surface area contributed by atoms with E-state index in [0.29, 0.717) is 0 Å². The maximum Gasteiger partial charge on any atom is 0.162 e. The van der Waals surface area contributed by atoms with Crippen molar-refractivity contribution < 1.29 is 4.74 Å². The van der Waals surface area contributed by atoms with Crippen LogP contribution in [-0.4, -0.2) is 16.6 Å². The number of para-hydroxylation sites is 1. The Kier molecular flexibility index (Phi) is 8.29. The van der Waals surface area contributed by atoms with E-state index in [1.807, 2.05) is 36.7 Å². The second kappa shape index (κ2) is 10.8. The van der Waals surface area contributed by atoms with Crippen molar-refractivity contribution in [2.45, 2.75) is 65.2 Å². The quantitative estimate of drug-likeness (QED) is 0.487. The minimum absolute atomic E-state index is 0.749. The Bertz CT molecular complexity index is 581. The number of nitrogens with zero attached hydrogens (tertiary/aromatic N) is 2. The molecule has 0 aliphatic carbocycles. The van der Waals surface area contributed by atoms with E-state index >= 15 is 0 Å². The second-order valence-corrected chi connectivity index (χ2v) is 6.28. The number of benzene rings is 1. The Hall–Kier alpha value is -1.90. The molecule has 1 aromatic heterocycles. The molecule has 24 heavy (non-hydrogen) atoms. The van der Waals surface area contributed by atoms with E-state index in [9.17, 15) is 0 Å². The fraction of sp³-hybridized carbons (Fsp3) is 0.524. The van der Waals surface area contributed by atoms with E-state index in [-0.39, 0.29) is 0 Å². The van der Waals surface area contributed by atoms with Crippen LogP contribution in [0.15, 0.2) is 36.7 Å². The SMILES string of the molecule is CCCCCCc1cnc(-c2ccccc2OCCCCC)nc1. The van der Waals surface area contributed by atoms with Crippen molar-refractivity contribution in [1.82, 2.24) is 9.97 Å². The van der Waals surface area contributed by atoms with Crippen LogP contribution in [0.5, 0.6) is 5.75 Å². The molecule has 0 amide bonds. The number of aromatic nitrogens is 2. The molecule has 130 valence electrons. The molecule has 3 nitrogen and oxygen atoms in total. The molecule has 0 N–H and O–H groups in total. The summed E-state index contributed by atoms with van der Waals surface area (Å²) in [6.45, 7) is 5.19. The van der Waals surface area contributed by atoms with Crippen LogP contribution < -0.4 is 4.74 Å². The summed E-state index contributed by atoms with van der Waals surface area (Å²) in [6, 6.07) is 8.05. The fourth-order valence-electron chi connectivity index (χ4n) is 2.69. The molecule has 2 rings (SSSR count). The standard InChI is InChI=1S/C21H30N2O/c1-3-5-7-8-12-18-16-22-21(23-17-18)19-13-9-10-14-20(19)24-15-11-6-4-2/h9-10,13-14,16-17H,3-8,11-12,15H2,1-2H3. The third kappa shape index (κ3) is 5.95. The highest BCUT2D eigenvalue weighted by molar-refractivity contribution is 5.63. The van der Waals surface area contributed by atoms with Gasteiger partial charge in [-0.3, -0.25) is 0 Å². The molecule has 0 atom stereocenters. The van der Waals surface area contributed by atoms with Crippen LogP contribution in [0, 0.1) is 0 Å². The van der Waals surface area contributed by atoms with Gasteiger partial charge in [-0.15, -0.1) is 0 Å². The summed E-state index contributed by atoms with van der Waals surface area (Å²) in [5, 5.41) is 0. The summed E-state index contributed by atoms with van der Waals surface area (Å²) in [7, 11) is 0. The van der Waals surface area contributed by atoms with Crippen LogP contribution >= 0.6 is 0 Å². The number of hydrogen-bond acceptors (Lipinski definition) is 3. The maximum atomic E-state index is 5.94. The van der Waals surface area contributed by atoms with Gasteiger partial charge in [0.25, 0.3) is 0 Å². The zero-order valence-corrected chi connectivity index (χ0v) is 15.1. The Morgan fingerprint density at radius 1 is 0.833 bits per heavy atom. The molecular weight excluding hydrogens is 296 g/mol. The summed E-state index contributed by atoms with van der Waals surface area (Å²) in [5.41, 5.74) is 2.20. The minimum atomic E-state index is 0.749. The van der Waals surface area contributed by atoms with Crippen molar-refractivity contribution in [2.24, 2.45) is 0 Å². The van der Waals surface area contributed by atoms with E-state index in [2.05, 4.69) is 23.8 Å². The molecule has 0 fully saturated rings. The average molecular weight is 326 g/mol. The molecule has 0 unspecified atom stereocenters. The normalized spacial score (nSPS) is 10.8. The smallest absolute Gasteiger partial charge is 0.162 e. The highest BCUT2D eigenvalue weighted by atomic mass is 16.5. The van der Waals surface area contributed by atoms with Crippen molar-refractivity contribution in [3.63, 3.8) is 0 Å². The monoisotopic (exact) mass is 326 g/mol. The molecule has 0 bridgehead atoms. The van der Waals surface area contributed by atoms with Gasteiger partial charge in [0.2, 0.25) is 0 Å². The Balaban J connectivity index is 1.97. The molecule has 0 aliphatic heterocycles. The first-order valence-corrected chi connectivity index (χ1v) is 9.38. The highest BCUT2D eigenvalue weighted by Gasteiger charge is 2.08. The molecule has 1 heterocycles. The number of rotatable bonds is 11. The van der Waals surface area contributed by atoms with Crippen molar-refractivity contribution in [1.29, 1.82) is 0 Å². The molecule has 0 saturated heterocycles. The van der Waals surface area contributed by atoms with Crippen LogP contribution in [0.4, 0.5) is 0 Å². The fourth-order valence-corrected chi connectivity index (χ4v) is 2.69. The van der Waals surface area contributed by atoms with Gasteiger partial charge in [-0.1, -0.05) is 58.1 Å². The van der Waals surface area contributed by atoms with E-state index in [4.69, 9.17) is 4.74 Å². The third-order valence-electron chi connectivity index (χ3n) is 4.16.